The highest BCUT2D eigenvalue weighted by Gasteiger charge is 2.26. The highest BCUT2D eigenvalue weighted by molar-refractivity contribution is 6.13. The van der Waals surface area contributed by atoms with Crippen LogP contribution in [-0.4, -0.2) is 30.2 Å². The van der Waals surface area contributed by atoms with Gasteiger partial charge in [-0.15, -0.1) is 0 Å². The van der Waals surface area contributed by atoms with Crippen molar-refractivity contribution in [3.8, 4) is 17.6 Å². The van der Waals surface area contributed by atoms with Crippen LogP contribution < -0.4 is 9.47 Å². The summed E-state index contributed by atoms with van der Waals surface area (Å²) in [7, 11) is 3.04. The van der Waals surface area contributed by atoms with E-state index in [1.165, 1.54) is 31.4 Å². The number of ether oxygens (including phenoxy) is 3. The Kier molecular flexibility index (Phi) is 5.13. The van der Waals surface area contributed by atoms with Gasteiger partial charge < -0.3 is 18.8 Å². The van der Waals surface area contributed by atoms with Gasteiger partial charge in [-0.25, -0.2) is 9.79 Å². The molecule has 7 nitrogen and oxygen atoms in total. The maximum atomic E-state index is 12.4. The van der Waals surface area contributed by atoms with Crippen molar-refractivity contribution < 1.29 is 27.8 Å². The van der Waals surface area contributed by atoms with Gasteiger partial charge in [0.2, 0.25) is 5.90 Å². The number of cyclic esters (lactones) is 1. The number of carbonyl (C=O) groups is 1. The van der Waals surface area contributed by atoms with Gasteiger partial charge in [-0.05, 0) is 42.8 Å². The molecule has 2 heterocycles. The lowest BCUT2D eigenvalue weighted by atomic mass is 10.2. The zero-order chi connectivity index (χ0) is 20.4. The van der Waals surface area contributed by atoms with Crippen molar-refractivity contribution in [1.29, 1.82) is 5.26 Å². The Bertz CT molecular complexity index is 1050. The lowest BCUT2D eigenvalue weighted by molar-refractivity contribution is -0.129. The maximum Gasteiger partial charge on any atom is 0.387 e. The first kappa shape index (κ1) is 19.1. The Morgan fingerprint density at radius 2 is 2.07 bits per heavy atom. The Balaban J connectivity index is 1.95. The Labute approximate surface area is 159 Å². The molecule has 0 unspecified atom stereocenters. The number of alkyl halides is 2. The quantitative estimate of drug-likeness (QED) is 0.581. The first-order valence-corrected chi connectivity index (χ1v) is 8.06. The van der Waals surface area contributed by atoms with Crippen molar-refractivity contribution in [2.24, 2.45) is 12.0 Å². The summed E-state index contributed by atoms with van der Waals surface area (Å²) in [6, 6.07) is 7.79. The zero-order valence-corrected chi connectivity index (χ0v) is 15.2. The molecule has 28 heavy (non-hydrogen) atoms. The van der Waals surface area contributed by atoms with Crippen LogP contribution in [0.5, 0.6) is 11.5 Å². The molecular formula is C19H15F2N3O4. The number of halogens is 2. The third kappa shape index (κ3) is 3.57. The summed E-state index contributed by atoms with van der Waals surface area (Å²) < 4.78 is 41.2. The van der Waals surface area contributed by atoms with Crippen LogP contribution in [0, 0.1) is 18.3 Å². The topological polar surface area (TPSA) is 85.8 Å². The highest BCUT2D eigenvalue weighted by atomic mass is 19.3. The van der Waals surface area contributed by atoms with E-state index in [9.17, 15) is 13.6 Å². The van der Waals surface area contributed by atoms with E-state index >= 15 is 0 Å². The maximum absolute atomic E-state index is 12.4. The number of aromatic nitrogens is 1. The molecule has 144 valence electrons. The second-order valence-electron chi connectivity index (χ2n) is 5.82. The van der Waals surface area contributed by atoms with Crippen molar-refractivity contribution in [1.82, 2.24) is 4.57 Å². The van der Waals surface area contributed by atoms with Crippen LogP contribution in [0.3, 0.4) is 0 Å². The third-order valence-corrected chi connectivity index (χ3v) is 4.23. The minimum Gasteiger partial charge on any atom is -0.493 e. The Morgan fingerprint density at radius 1 is 1.32 bits per heavy atom. The van der Waals surface area contributed by atoms with E-state index in [4.69, 9.17) is 14.7 Å². The van der Waals surface area contributed by atoms with Gasteiger partial charge in [0.25, 0.3) is 0 Å². The molecule has 0 saturated heterocycles. The molecule has 1 aromatic heterocycles. The molecule has 1 aliphatic heterocycles. The number of methoxy groups -OCH3 is 1. The summed E-state index contributed by atoms with van der Waals surface area (Å²) in [5, 5.41) is 9.11. The van der Waals surface area contributed by atoms with Crippen LogP contribution >= 0.6 is 0 Å². The Morgan fingerprint density at radius 3 is 2.68 bits per heavy atom. The monoisotopic (exact) mass is 387 g/mol. The van der Waals surface area contributed by atoms with Crippen molar-refractivity contribution in [3.63, 3.8) is 0 Å². The predicted octanol–water partition coefficient (Wildman–Crippen LogP) is 3.16. The lowest BCUT2D eigenvalue weighted by Gasteiger charge is -2.10. The fourth-order valence-electron chi connectivity index (χ4n) is 2.65. The summed E-state index contributed by atoms with van der Waals surface area (Å²) >= 11 is 0. The van der Waals surface area contributed by atoms with Crippen LogP contribution in [0.2, 0.25) is 0 Å². The van der Waals surface area contributed by atoms with Crippen molar-refractivity contribution in [2.45, 2.75) is 13.5 Å². The smallest absolute Gasteiger partial charge is 0.387 e. The summed E-state index contributed by atoms with van der Waals surface area (Å²) in [5.41, 5.74) is 2.31. The largest absolute Gasteiger partial charge is 0.493 e. The van der Waals surface area contributed by atoms with E-state index < -0.39 is 12.6 Å². The van der Waals surface area contributed by atoms with Gasteiger partial charge in [0, 0.05) is 18.3 Å². The molecule has 0 aliphatic carbocycles. The number of carbonyl (C=O) groups excluding carboxylic acids is 1. The van der Waals surface area contributed by atoms with E-state index in [1.807, 2.05) is 6.92 Å². The molecule has 0 N–H and O–H groups in total. The molecule has 9 heteroatoms. The number of benzene rings is 1. The summed E-state index contributed by atoms with van der Waals surface area (Å²) in [5.74, 6) is -0.756. The highest BCUT2D eigenvalue weighted by Crippen LogP contribution is 2.31. The van der Waals surface area contributed by atoms with Crippen molar-refractivity contribution in [3.05, 3.63) is 52.5 Å². The molecule has 1 aromatic carbocycles. The Hall–Kier alpha value is -3.67. The van der Waals surface area contributed by atoms with Crippen molar-refractivity contribution in [2.75, 3.05) is 7.11 Å². The standard InChI is InChI=1S/C19H15F2N3O4/c1-10-12(6-13(9-22)24(10)2)7-14-18(25)28-17(23-14)11-4-5-15(27-19(20)21)16(8-11)26-3/h4-8,19H,1-3H3/b14-7-. The van der Waals surface area contributed by atoms with Gasteiger partial charge >= 0.3 is 12.6 Å². The lowest BCUT2D eigenvalue weighted by Crippen LogP contribution is -2.07. The van der Waals surface area contributed by atoms with Crippen LogP contribution in [-0.2, 0) is 16.6 Å². The second kappa shape index (κ2) is 7.52. The molecule has 0 bridgehead atoms. The zero-order valence-electron chi connectivity index (χ0n) is 15.2. The molecule has 0 amide bonds. The van der Waals surface area contributed by atoms with Gasteiger partial charge in [-0.3, -0.25) is 0 Å². The van der Waals surface area contributed by atoms with Gasteiger partial charge in [-0.1, -0.05) is 0 Å². The molecule has 0 spiro atoms. The molecule has 0 saturated carbocycles. The molecule has 0 atom stereocenters. The number of rotatable bonds is 5. The number of hydrogen-bond donors (Lipinski definition) is 0. The van der Waals surface area contributed by atoms with Gasteiger partial charge in [0.05, 0.1) is 7.11 Å². The van der Waals surface area contributed by atoms with E-state index in [2.05, 4.69) is 15.8 Å². The predicted molar refractivity (Wildman–Crippen MR) is 95.1 cm³/mol. The SMILES string of the molecule is COc1cc(C2=N/C(=C\c3cc(C#N)n(C)c3C)C(=O)O2)ccc1OC(F)F. The second-order valence-corrected chi connectivity index (χ2v) is 5.82. The number of nitriles is 1. The van der Waals surface area contributed by atoms with Gasteiger partial charge in [0.15, 0.2) is 17.2 Å². The summed E-state index contributed by atoms with van der Waals surface area (Å²) in [4.78, 5) is 16.3. The van der Waals surface area contributed by atoms with Crippen LogP contribution in [0.15, 0.2) is 35.0 Å². The molecule has 2 aromatic rings. The van der Waals surface area contributed by atoms with Gasteiger partial charge in [-0.2, -0.15) is 14.0 Å². The first-order valence-electron chi connectivity index (χ1n) is 8.06. The minimum atomic E-state index is -3.00. The number of hydrogen-bond acceptors (Lipinski definition) is 6. The molecule has 0 fully saturated rings. The number of esters is 1. The minimum absolute atomic E-state index is 0.00670. The molecule has 1 aliphatic rings. The van der Waals surface area contributed by atoms with Crippen LogP contribution in [0.1, 0.15) is 22.5 Å². The normalized spacial score (nSPS) is 14.8. The fourth-order valence-corrected chi connectivity index (χ4v) is 2.65. The van der Waals surface area contributed by atoms with Gasteiger partial charge in [0.1, 0.15) is 11.8 Å². The van der Waals surface area contributed by atoms with E-state index in [0.29, 0.717) is 16.8 Å². The first-order chi connectivity index (χ1) is 13.3. The van der Waals surface area contributed by atoms with Crippen LogP contribution in [0.4, 0.5) is 8.78 Å². The fraction of sp³-hybridized carbons (Fsp3) is 0.211. The third-order valence-electron chi connectivity index (χ3n) is 4.23. The molecule has 0 radical (unpaired) electrons. The van der Waals surface area contributed by atoms with E-state index in [1.54, 1.807) is 17.7 Å². The van der Waals surface area contributed by atoms with E-state index in [0.717, 1.165) is 5.69 Å². The molecule has 3 rings (SSSR count). The average Bonchev–Trinajstić information content (AvgIpc) is 3.16. The number of aliphatic imine (C=N–C) groups is 1. The van der Waals surface area contributed by atoms with Crippen LogP contribution in [0.25, 0.3) is 6.08 Å². The summed E-state index contributed by atoms with van der Waals surface area (Å²) in [6.07, 6.45) is 1.52. The summed E-state index contributed by atoms with van der Waals surface area (Å²) in [6.45, 7) is -1.19. The van der Waals surface area contributed by atoms with Crippen molar-refractivity contribution >= 4 is 17.9 Å². The average molecular weight is 387 g/mol. The van der Waals surface area contributed by atoms with E-state index in [-0.39, 0.29) is 23.1 Å². The number of nitrogens with zero attached hydrogens (tertiary/aromatic N) is 3. The molecular weight excluding hydrogens is 372 g/mol.